The summed E-state index contributed by atoms with van der Waals surface area (Å²) in [4.78, 5) is 21.8. The molecule has 6 rings (SSSR count). The third-order valence-corrected chi connectivity index (χ3v) is 7.31. The van der Waals surface area contributed by atoms with Crippen molar-refractivity contribution in [1.82, 2.24) is 39.5 Å². The van der Waals surface area contributed by atoms with Crippen LogP contribution in [0.5, 0.6) is 0 Å². The Morgan fingerprint density at radius 2 is 1.77 bits per heavy atom. The van der Waals surface area contributed by atoms with Gasteiger partial charge < -0.3 is 15.5 Å². The number of nitrogens with one attached hydrogen (secondary N) is 1. The van der Waals surface area contributed by atoms with Crippen LogP contribution in [0.2, 0.25) is 0 Å². The molecule has 0 bridgehead atoms. The number of fused-ring (bicyclic) bond motifs is 2. The van der Waals surface area contributed by atoms with Crippen molar-refractivity contribution in [2.45, 2.75) is 13.0 Å². The van der Waals surface area contributed by atoms with Crippen molar-refractivity contribution in [2.24, 2.45) is 0 Å². The maximum atomic E-state index is 6.33. The first-order chi connectivity index (χ1) is 19.7. The summed E-state index contributed by atoms with van der Waals surface area (Å²) in [6, 6.07) is 16.4. The number of nitrogens with two attached hydrogens (primary N) is 1. The van der Waals surface area contributed by atoms with Crippen molar-refractivity contribution in [3.8, 4) is 23.1 Å². The van der Waals surface area contributed by atoms with Crippen molar-refractivity contribution in [3.63, 3.8) is 0 Å². The molecule has 3 aromatic heterocycles. The Kier molecular flexibility index (Phi) is 7.68. The Hall–Kier alpha value is -4.30. The third-order valence-electron chi connectivity index (χ3n) is 7.31. The fourth-order valence-corrected chi connectivity index (χ4v) is 5.12. The summed E-state index contributed by atoms with van der Waals surface area (Å²) in [6.45, 7) is 7.04. The Bertz CT molecular complexity index is 1660. The normalized spacial score (nSPS) is 14.5. The summed E-state index contributed by atoms with van der Waals surface area (Å²) in [5, 5.41) is 5.63. The molecule has 4 heterocycles. The van der Waals surface area contributed by atoms with Gasteiger partial charge in [0.05, 0.1) is 29.6 Å². The van der Waals surface area contributed by atoms with Crippen LogP contribution in [-0.4, -0.2) is 92.5 Å². The fraction of sp³-hybridized carbons (Fsp3) is 0.333. The average molecular weight is 536 g/mol. The molecule has 0 amide bonds. The van der Waals surface area contributed by atoms with Gasteiger partial charge in [-0.15, -0.1) is 0 Å². The molecule has 3 N–H and O–H groups in total. The molecule has 2 aromatic carbocycles. The van der Waals surface area contributed by atoms with Gasteiger partial charge in [-0.1, -0.05) is 48.2 Å². The van der Waals surface area contributed by atoms with Crippen molar-refractivity contribution in [1.29, 1.82) is 0 Å². The monoisotopic (exact) mass is 535 g/mol. The minimum absolute atomic E-state index is 0.403. The second-order valence-electron chi connectivity index (χ2n) is 10.0. The maximum absolute atomic E-state index is 6.33. The fourth-order valence-electron chi connectivity index (χ4n) is 5.12. The molecule has 40 heavy (non-hydrogen) atoms. The quantitative estimate of drug-likeness (QED) is 0.292. The molecular weight excluding hydrogens is 502 g/mol. The van der Waals surface area contributed by atoms with Gasteiger partial charge in [-0.25, -0.2) is 19.6 Å². The SMILES string of the molecule is COCCN1CCN(CC#CCn2nc(-c3ccc4nc(Cc5ccccc5)[nH]c4c3)c3c(N)ncnc32)CC1. The van der Waals surface area contributed by atoms with Crippen LogP contribution in [0, 0.1) is 11.8 Å². The van der Waals surface area contributed by atoms with Crippen LogP contribution in [0.4, 0.5) is 5.82 Å². The van der Waals surface area contributed by atoms with Gasteiger partial charge >= 0.3 is 0 Å². The number of ether oxygens (including phenoxy) is 1. The van der Waals surface area contributed by atoms with E-state index in [9.17, 15) is 0 Å². The topological polar surface area (TPSA) is 114 Å². The van der Waals surface area contributed by atoms with Gasteiger partial charge in [0, 0.05) is 51.8 Å². The van der Waals surface area contributed by atoms with Crippen LogP contribution in [-0.2, 0) is 17.7 Å². The van der Waals surface area contributed by atoms with Crippen LogP contribution in [0.3, 0.4) is 0 Å². The number of hydrogen-bond acceptors (Lipinski definition) is 8. The van der Waals surface area contributed by atoms with E-state index >= 15 is 0 Å². The van der Waals surface area contributed by atoms with Gasteiger partial charge in [-0.05, 0) is 17.7 Å². The average Bonchev–Trinajstić information content (AvgIpc) is 3.56. The zero-order valence-electron chi connectivity index (χ0n) is 22.7. The minimum atomic E-state index is 0.403. The molecule has 204 valence electrons. The first kappa shape index (κ1) is 26.0. The Labute approximate surface area is 233 Å². The summed E-state index contributed by atoms with van der Waals surface area (Å²) in [6.07, 6.45) is 2.22. The van der Waals surface area contributed by atoms with Crippen LogP contribution in [0.25, 0.3) is 33.3 Å². The van der Waals surface area contributed by atoms with E-state index in [1.54, 1.807) is 7.11 Å². The van der Waals surface area contributed by atoms with E-state index in [-0.39, 0.29) is 0 Å². The van der Waals surface area contributed by atoms with Gasteiger partial charge in [0.15, 0.2) is 5.65 Å². The van der Waals surface area contributed by atoms with Gasteiger partial charge in [0.2, 0.25) is 0 Å². The van der Waals surface area contributed by atoms with Gasteiger partial charge in [0.25, 0.3) is 0 Å². The van der Waals surface area contributed by atoms with E-state index in [0.717, 1.165) is 85.8 Å². The Balaban J connectivity index is 1.19. The van der Waals surface area contributed by atoms with Gasteiger partial charge in [-0.2, -0.15) is 5.10 Å². The zero-order chi connectivity index (χ0) is 27.3. The van der Waals surface area contributed by atoms with Crippen molar-refractivity contribution in [3.05, 3.63) is 66.2 Å². The predicted molar refractivity (Wildman–Crippen MR) is 157 cm³/mol. The molecule has 1 fully saturated rings. The molecule has 10 heteroatoms. The number of aromatic amines is 1. The third kappa shape index (κ3) is 5.67. The second kappa shape index (κ2) is 11.8. The lowest BCUT2D eigenvalue weighted by molar-refractivity contribution is 0.103. The van der Waals surface area contributed by atoms with E-state index in [1.807, 2.05) is 35.0 Å². The lowest BCUT2D eigenvalue weighted by Crippen LogP contribution is -2.47. The van der Waals surface area contributed by atoms with Crippen LogP contribution < -0.4 is 5.73 Å². The van der Waals surface area contributed by atoms with Gasteiger partial charge in [0.1, 0.15) is 30.2 Å². The highest BCUT2D eigenvalue weighted by Gasteiger charge is 2.18. The lowest BCUT2D eigenvalue weighted by atomic mass is 10.1. The van der Waals surface area contributed by atoms with Crippen LogP contribution >= 0.6 is 0 Å². The Morgan fingerprint density at radius 1 is 0.975 bits per heavy atom. The molecule has 0 spiro atoms. The smallest absolute Gasteiger partial charge is 0.164 e. The number of piperazine rings is 1. The van der Waals surface area contributed by atoms with E-state index in [0.29, 0.717) is 18.0 Å². The van der Waals surface area contributed by atoms with Crippen molar-refractivity contribution >= 4 is 27.9 Å². The number of rotatable bonds is 8. The Morgan fingerprint density at radius 3 is 2.60 bits per heavy atom. The number of imidazole rings is 1. The summed E-state index contributed by atoms with van der Waals surface area (Å²) < 4.78 is 7.01. The number of hydrogen-bond donors (Lipinski definition) is 2. The molecule has 0 radical (unpaired) electrons. The molecule has 0 aliphatic carbocycles. The molecule has 10 nitrogen and oxygen atoms in total. The maximum Gasteiger partial charge on any atom is 0.164 e. The van der Waals surface area contributed by atoms with Crippen LogP contribution in [0.15, 0.2) is 54.9 Å². The minimum Gasteiger partial charge on any atom is -0.383 e. The van der Waals surface area contributed by atoms with Crippen molar-refractivity contribution < 1.29 is 4.74 Å². The first-order valence-electron chi connectivity index (χ1n) is 13.6. The molecular formula is C30H33N9O. The van der Waals surface area contributed by atoms with Crippen LogP contribution in [0.1, 0.15) is 11.4 Å². The number of nitrogens with zero attached hydrogens (tertiary/aromatic N) is 7. The molecule has 1 aliphatic rings. The standard InChI is InChI=1S/C30H33N9O/c1-40-18-17-38-15-13-37(14-16-38)11-5-6-12-39-30-27(29(31)32-21-33-30)28(36-39)23-9-10-24-25(20-23)35-26(34-24)19-22-7-3-2-4-8-22/h2-4,7-10,20-21H,11-19H2,1H3,(H,34,35)(H2,31,32,33). The summed E-state index contributed by atoms with van der Waals surface area (Å²) in [5.41, 5.74) is 11.7. The number of methoxy groups -OCH3 is 1. The molecule has 1 aliphatic heterocycles. The van der Waals surface area contributed by atoms with E-state index in [1.165, 1.54) is 11.9 Å². The second-order valence-corrected chi connectivity index (χ2v) is 10.0. The molecule has 0 unspecified atom stereocenters. The summed E-state index contributed by atoms with van der Waals surface area (Å²) in [5.74, 6) is 7.93. The first-order valence-corrected chi connectivity index (χ1v) is 13.6. The summed E-state index contributed by atoms with van der Waals surface area (Å²) in [7, 11) is 1.75. The van der Waals surface area contributed by atoms with E-state index in [2.05, 4.69) is 54.8 Å². The van der Waals surface area contributed by atoms with E-state index in [4.69, 9.17) is 20.6 Å². The highest BCUT2D eigenvalue weighted by molar-refractivity contribution is 5.99. The zero-order valence-corrected chi connectivity index (χ0v) is 22.7. The van der Waals surface area contributed by atoms with E-state index < -0.39 is 0 Å². The lowest BCUT2D eigenvalue weighted by Gasteiger charge is -2.33. The van der Waals surface area contributed by atoms with Gasteiger partial charge in [-0.3, -0.25) is 9.80 Å². The highest BCUT2D eigenvalue weighted by atomic mass is 16.5. The number of aromatic nitrogens is 6. The number of nitrogen functional groups attached to an aromatic ring is 1. The summed E-state index contributed by atoms with van der Waals surface area (Å²) >= 11 is 0. The molecule has 5 aromatic rings. The van der Waals surface area contributed by atoms with Crippen molar-refractivity contribution in [2.75, 3.05) is 58.7 Å². The number of H-pyrrole nitrogens is 1. The highest BCUT2D eigenvalue weighted by Crippen LogP contribution is 2.31. The number of benzene rings is 2. The molecule has 1 saturated heterocycles. The molecule has 0 saturated carbocycles. The predicted octanol–water partition coefficient (Wildman–Crippen LogP) is 2.81. The molecule has 0 atom stereocenters. The largest absolute Gasteiger partial charge is 0.383 e. The number of anilines is 1.